The predicted molar refractivity (Wildman–Crippen MR) is 153 cm³/mol. The highest BCUT2D eigenvalue weighted by atomic mass is 16.5. The first-order valence-electron chi connectivity index (χ1n) is 14.4. The third-order valence-corrected chi connectivity index (χ3v) is 10.8. The zero-order valence-electron chi connectivity index (χ0n) is 24.3. The van der Waals surface area contributed by atoms with Crippen LogP contribution in [0.25, 0.3) is 0 Å². The Hall–Kier alpha value is -2.21. The summed E-state index contributed by atoms with van der Waals surface area (Å²) in [6, 6.07) is 13.8. The number of rotatable bonds is 2. The van der Waals surface area contributed by atoms with E-state index in [1.165, 1.54) is 35.8 Å². The number of aliphatic hydroxyl groups is 1. The zero-order valence-corrected chi connectivity index (χ0v) is 24.3. The molecular weight excluding hydrogens is 472 g/mol. The Morgan fingerprint density at radius 3 is 1.89 bits per heavy atom. The average Bonchev–Trinajstić information content (AvgIpc) is 2.87. The fourth-order valence-electron chi connectivity index (χ4n) is 7.66. The van der Waals surface area contributed by atoms with E-state index in [4.69, 9.17) is 4.74 Å². The van der Waals surface area contributed by atoms with Crippen LogP contribution in [0.15, 0.2) is 36.4 Å². The second-order valence-corrected chi connectivity index (χ2v) is 13.2. The Morgan fingerprint density at radius 2 is 1.39 bits per heavy atom. The van der Waals surface area contributed by atoms with Crippen LogP contribution in [0.4, 0.5) is 0 Å². The van der Waals surface area contributed by atoms with E-state index >= 15 is 0 Å². The van der Waals surface area contributed by atoms with Crippen molar-refractivity contribution in [2.24, 2.45) is 11.8 Å². The van der Waals surface area contributed by atoms with Crippen molar-refractivity contribution in [3.63, 3.8) is 0 Å². The van der Waals surface area contributed by atoms with Crippen LogP contribution in [0.1, 0.15) is 92.6 Å². The number of piperidine rings is 2. The van der Waals surface area contributed by atoms with Crippen LogP contribution in [-0.2, 0) is 34.0 Å². The highest BCUT2D eigenvalue weighted by Crippen LogP contribution is 2.47. The van der Waals surface area contributed by atoms with Gasteiger partial charge in [0, 0.05) is 12.1 Å². The molecule has 2 aliphatic heterocycles. The largest absolute Gasteiger partial charge is 0.465 e. The number of carbonyl (C=O) groups is 1. The van der Waals surface area contributed by atoms with Crippen molar-refractivity contribution >= 4 is 5.97 Å². The van der Waals surface area contributed by atoms with Crippen molar-refractivity contribution in [3.05, 3.63) is 69.8 Å². The number of fused-ring (bicyclic) bond motifs is 8. The number of nitrogens with one attached hydrogen (secondary N) is 2. The van der Waals surface area contributed by atoms with Gasteiger partial charge < -0.3 is 20.5 Å². The monoisotopic (exact) mass is 518 g/mol. The highest BCUT2D eigenvalue weighted by molar-refractivity contribution is 5.89. The van der Waals surface area contributed by atoms with Crippen LogP contribution in [0, 0.1) is 11.8 Å². The highest BCUT2D eigenvalue weighted by Gasteiger charge is 2.46. The van der Waals surface area contributed by atoms with E-state index in [0.29, 0.717) is 29.5 Å². The Labute approximate surface area is 228 Å². The van der Waals surface area contributed by atoms with Crippen molar-refractivity contribution in [2.45, 2.75) is 95.7 Å². The molecule has 2 heterocycles. The molecule has 2 aromatic rings. The smallest absolute Gasteiger partial charge is 0.337 e. The van der Waals surface area contributed by atoms with E-state index in [9.17, 15) is 9.90 Å². The van der Waals surface area contributed by atoms with Crippen LogP contribution in [-0.4, -0.2) is 43.4 Å². The van der Waals surface area contributed by atoms with E-state index in [2.05, 4.69) is 68.7 Å². The van der Waals surface area contributed by atoms with Gasteiger partial charge in [-0.25, -0.2) is 4.79 Å². The summed E-state index contributed by atoms with van der Waals surface area (Å²) in [6.45, 7) is 15.3. The van der Waals surface area contributed by atoms with Crippen molar-refractivity contribution in [1.82, 2.24) is 10.6 Å². The molecule has 3 N–H and O–H groups in total. The molecule has 0 unspecified atom stereocenters. The summed E-state index contributed by atoms with van der Waals surface area (Å²) in [5.41, 5.74) is 7.05. The molecule has 6 rings (SSSR count). The normalized spacial score (nSPS) is 33.3. The molecule has 2 aliphatic carbocycles. The van der Waals surface area contributed by atoms with Crippen molar-refractivity contribution in [2.75, 3.05) is 20.2 Å². The summed E-state index contributed by atoms with van der Waals surface area (Å²) in [5, 5.41) is 17.5. The lowest BCUT2D eigenvalue weighted by Crippen LogP contribution is -2.56. The maximum Gasteiger partial charge on any atom is 0.337 e. The SMILES string of the molecule is COC(=O)c1ccc2c(c1)[C@]1(C)CCN[C@H](C2)[C@H]1C.C[C@@H]1[C@H]2Cc3ccc(C(C)(C)O)cc3[C@]1(C)CCN2. The van der Waals surface area contributed by atoms with Crippen LogP contribution in [0.5, 0.6) is 0 Å². The molecule has 5 nitrogen and oxygen atoms in total. The van der Waals surface area contributed by atoms with Crippen LogP contribution in [0.2, 0.25) is 0 Å². The Morgan fingerprint density at radius 1 is 0.895 bits per heavy atom. The topological polar surface area (TPSA) is 70.6 Å². The fourth-order valence-corrected chi connectivity index (χ4v) is 7.66. The van der Waals surface area contributed by atoms with Crippen LogP contribution in [0.3, 0.4) is 0 Å². The molecule has 2 saturated heterocycles. The Balaban J connectivity index is 0.000000155. The first-order valence-corrected chi connectivity index (χ1v) is 14.4. The number of esters is 1. The van der Waals surface area contributed by atoms with Crippen molar-refractivity contribution < 1.29 is 14.6 Å². The molecule has 38 heavy (non-hydrogen) atoms. The summed E-state index contributed by atoms with van der Waals surface area (Å²) >= 11 is 0. The molecule has 6 atom stereocenters. The molecule has 0 aromatic heterocycles. The quantitative estimate of drug-likeness (QED) is 0.488. The molecule has 0 radical (unpaired) electrons. The molecule has 206 valence electrons. The number of hydrogen-bond donors (Lipinski definition) is 3. The van der Waals surface area contributed by atoms with Gasteiger partial charge in [-0.2, -0.15) is 0 Å². The third kappa shape index (κ3) is 4.51. The van der Waals surface area contributed by atoms with Gasteiger partial charge in [0.25, 0.3) is 0 Å². The molecule has 0 amide bonds. The van der Waals surface area contributed by atoms with E-state index in [-0.39, 0.29) is 16.8 Å². The average molecular weight is 519 g/mol. The second kappa shape index (κ2) is 9.76. The summed E-state index contributed by atoms with van der Waals surface area (Å²) in [6.07, 6.45) is 4.50. The standard InChI is InChI=1S/C17H25NO.C16H21NO2/c1-11-15-9-12-5-6-13(16(2,3)19)10-14(12)17(11,4)7-8-18-15;1-10-14-9-11-4-5-12(15(18)19-3)8-13(11)16(10,2)6-7-17-14/h5-6,10-11,15,18-19H,7-9H2,1-4H3;4-5,8,10,14,17H,6-7,9H2,1-3H3/t11-,15-,17-;10-,14-,16-/m11/s1. The van der Waals surface area contributed by atoms with Gasteiger partial charge in [-0.1, -0.05) is 52.0 Å². The van der Waals surface area contributed by atoms with Gasteiger partial charge in [0.15, 0.2) is 0 Å². The van der Waals surface area contributed by atoms with Crippen molar-refractivity contribution in [1.29, 1.82) is 0 Å². The predicted octanol–water partition coefficient (Wildman–Crippen LogP) is 5.01. The molecule has 4 bridgehead atoms. The third-order valence-electron chi connectivity index (χ3n) is 10.8. The molecule has 4 aliphatic rings. The number of methoxy groups -OCH3 is 1. The summed E-state index contributed by atoms with van der Waals surface area (Å²) < 4.78 is 4.84. The number of carbonyl (C=O) groups excluding carboxylic acids is 1. The van der Waals surface area contributed by atoms with E-state index in [1.807, 2.05) is 19.9 Å². The number of benzene rings is 2. The maximum absolute atomic E-state index is 11.7. The van der Waals surface area contributed by atoms with Gasteiger partial charge in [0.2, 0.25) is 0 Å². The van der Waals surface area contributed by atoms with Crippen LogP contribution >= 0.6 is 0 Å². The lowest BCUT2D eigenvalue weighted by atomic mass is 9.59. The first-order chi connectivity index (χ1) is 17.9. The van der Waals surface area contributed by atoms with E-state index in [1.54, 1.807) is 0 Å². The molecule has 2 aromatic carbocycles. The molecule has 0 saturated carbocycles. The minimum Gasteiger partial charge on any atom is -0.465 e. The fraction of sp³-hybridized carbons (Fsp3) is 0.606. The first kappa shape index (κ1) is 27.4. The minimum atomic E-state index is -0.752. The minimum absolute atomic E-state index is 0.174. The Kier molecular flexibility index (Phi) is 7.03. The molecule has 5 heteroatoms. The lowest BCUT2D eigenvalue weighted by molar-refractivity contribution is 0.0599. The second-order valence-electron chi connectivity index (χ2n) is 13.2. The van der Waals surface area contributed by atoms with Crippen molar-refractivity contribution in [3.8, 4) is 0 Å². The van der Waals surface area contributed by atoms with E-state index in [0.717, 1.165) is 37.9 Å². The number of ether oxygens (including phenoxy) is 1. The van der Waals surface area contributed by atoms with Gasteiger partial charge in [-0.3, -0.25) is 0 Å². The summed E-state index contributed by atoms with van der Waals surface area (Å²) in [5.74, 6) is 1.02. The van der Waals surface area contributed by atoms with Gasteiger partial charge in [0.05, 0.1) is 18.3 Å². The lowest BCUT2D eigenvalue weighted by Gasteiger charge is -2.50. The van der Waals surface area contributed by atoms with Gasteiger partial charge in [0.1, 0.15) is 0 Å². The molecule has 2 fully saturated rings. The number of hydrogen-bond acceptors (Lipinski definition) is 5. The summed E-state index contributed by atoms with van der Waals surface area (Å²) in [7, 11) is 1.44. The van der Waals surface area contributed by atoms with E-state index < -0.39 is 5.60 Å². The van der Waals surface area contributed by atoms with Gasteiger partial charge in [-0.05, 0) is 115 Å². The summed E-state index contributed by atoms with van der Waals surface area (Å²) in [4.78, 5) is 11.7. The maximum atomic E-state index is 11.7. The van der Waals surface area contributed by atoms with Crippen LogP contribution < -0.4 is 10.6 Å². The molecule has 0 spiro atoms. The Bertz CT molecular complexity index is 1220. The van der Waals surface area contributed by atoms with Gasteiger partial charge in [-0.15, -0.1) is 0 Å². The van der Waals surface area contributed by atoms with Gasteiger partial charge >= 0.3 is 5.97 Å². The molecular formula is C33H46N2O3. The zero-order chi connectivity index (χ0) is 27.5.